The van der Waals surface area contributed by atoms with Gasteiger partial charge in [-0.1, -0.05) is 35.9 Å². The number of hydrogen-bond donors (Lipinski definition) is 0. The van der Waals surface area contributed by atoms with Crippen molar-refractivity contribution < 1.29 is 0 Å². The summed E-state index contributed by atoms with van der Waals surface area (Å²) >= 11 is 11.5. The van der Waals surface area contributed by atoms with Crippen LogP contribution in [0.25, 0.3) is 6.08 Å². The molecule has 1 aromatic carbocycles. The summed E-state index contributed by atoms with van der Waals surface area (Å²) in [5.74, 6) is 0.519. The highest BCUT2D eigenvalue weighted by atomic mass is 35.5. The minimum atomic E-state index is 0.519. The van der Waals surface area contributed by atoms with Crippen LogP contribution < -0.4 is 0 Å². The molecule has 0 atom stereocenters. The molecule has 0 saturated carbocycles. The molecule has 1 aromatic rings. The molecule has 0 saturated heterocycles. The molecule has 0 radical (unpaired) electrons. The zero-order valence-electron chi connectivity index (χ0n) is 6.85. The van der Waals surface area contributed by atoms with Gasteiger partial charge in [0.15, 0.2) is 0 Å². The fourth-order valence-corrected chi connectivity index (χ4v) is 1.39. The molecule has 0 unspecified atom stereocenters. The van der Waals surface area contributed by atoms with Crippen molar-refractivity contribution in [2.24, 2.45) is 0 Å². The molecule has 0 aromatic heterocycles. The Morgan fingerprint density at radius 2 is 2.17 bits per heavy atom. The maximum Gasteiger partial charge on any atom is 0.0480 e. The van der Waals surface area contributed by atoms with Gasteiger partial charge in [0.1, 0.15) is 0 Å². The topological polar surface area (TPSA) is 0 Å². The molecular formula is C10H10Cl2. The van der Waals surface area contributed by atoms with Gasteiger partial charge in [0.25, 0.3) is 0 Å². The molecule has 0 spiro atoms. The van der Waals surface area contributed by atoms with E-state index in [2.05, 4.69) is 0 Å². The van der Waals surface area contributed by atoms with Gasteiger partial charge < -0.3 is 0 Å². The summed E-state index contributed by atoms with van der Waals surface area (Å²) in [4.78, 5) is 0. The second-order valence-electron chi connectivity index (χ2n) is 2.53. The van der Waals surface area contributed by atoms with Gasteiger partial charge in [0.05, 0.1) is 0 Å². The highest BCUT2D eigenvalue weighted by Crippen LogP contribution is 2.20. The molecule has 1 rings (SSSR count). The van der Waals surface area contributed by atoms with E-state index in [1.165, 1.54) is 5.56 Å². The van der Waals surface area contributed by atoms with Crippen LogP contribution in [0.3, 0.4) is 0 Å². The van der Waals surface area contributed by atoms with Gasteiger partial charge in [-0.05, 0) is 24.1 Å². The molecule has 2 heteroatoms. The van der Waals surface area contributed by atoms with E-state index in [0.717, 1.165) is 10.6 Å². The molecule has 0 fully saturated rings. The molecule has 0 aliphatic carbocycles. The lowest BCUT2D eigenvalue weighted by Gasteiger charge is -2.01. The van der Waals surface area contributed by atoms with Gasteiger partial charge in [0.2, 0.25) is 0 Å². The van der Waals surface area contributed by atoms with Crippen molar-refractivity contribution in [3.8, 4) is 0 Å². The molecule has 0 aliphatic heterocycles. The standard InChI is InChI=1S/C10H10Cl2/c1-8-4-2-6-10(12)9(8)5-3-7-11/h2-6H,7H2,1H3. The lowest BCUT2D eigenvalue weighted by atomic mass is 10.1. The molecule has 0 N–H and O–H groups in total. The van der Waals surface area contributed by atoms with Gasteiger partial charge >= 0.3 is 0 Å². The highest BCUT2D eigenvalue weighted by molar-refractivity contribution is 6.32. The summed E-state index contributed by atoms with van der Waals surface area (Å²) in [7, 11) is 0. The second-order valence-corrected chi connectivity index (χ2v) is 3.24. The molecule has 12 heavy (non-hydrogen) atoms. The van der Waals surface area contributed by atoms with Crippen molar-refractivity contribution in [3.05, 3.63) is 40.4 Å². The third-order valence-electron chi connectivity index (χ3n) is 1.64. The first-order valence-electron chi connectivity index (χ1n) is 3.73. The van der Waals surface area contributed by atoms with Gasteiger partial charge in [-0.3, -0.25) is 0 Å². The number of allylic oxidation sites excluding steroid dienone is 1. The first-order chi connectivity index (χ1) is 5.75. The molecule has 0 heterocycles. The van der Waals surface area contributed by atoms with E-state index in [1.54, 1.807) is 0 Å². The van der Waals surface area contributed by atoms with E-state index in [0.29, 0.717) is 5.88 Å². The monoisotopic (exact) mass is 200 g/mol. The fraction of sp³-hybridized carbons (Fsp3) is 0.200. The quantitative estimate of drug-likeness (QED) is 0.636. The smallest absolute Gasteiger partial charge is 0.0480 e. The van der Waals surface area contributed by atoms with E-state index in [9.17, 15) is 0 Å². The summed E-state index contributed by atoms with van der Waals surface area (Å²) in [6.07, 6.45) is 3.83. The van der Waals surface area contributed by atoms with Gasteiger partial charge in [-0.25, -0.2) is 0 Å². The van der Waals surface area contributed by atoms with E-state index in [4.69, 9.17) is 23.2 Å². The van der Waals surface area contributed by atoms with Crippen LogP contribution >= 0.6 is 23.2 Å². The fourth-order valence-electron chi connectivity index (χ4n) is 1.02. The second kappa shape index (κ2) is 4.54. The van der Waals surface area contributed by atoms with Crippen LogP contribution in [0, 0.1) is 6.92 Å². The Morgan fingerprint density at radius 3 is 2.75 bits per heavy atom. The van der Waals surface area contributed by atoms with Crippen molar-refractivity contribution in [1.82, 2.24) is 0 Å². The van der Waals surface area contributed by atoms with Crippen molar-refractivity contribution in [2.45, 2.75) is 6.92 Å². The Kier molecular flexibility index (Phi) is 3.64. The Hall–Kier alpha value is -0.460. The molecule has 0 nitrogen and oxygen atoms in total. The minimum absolute atomic E-state index is 0.519. The summed E-state index contributed by atoms with van der Waals surface area (Å²) < 4.78 is 0. The van der Waals surface area contributed by atoms with Crippen molar-refractivity contribution >= 4 is 29.3 Å². The Bertz CT molecular complexity index is 270. The van der Waals surface area contributed by atoms with Crippen LogP contribution in [0.2, 0.25) is 5.02 Å². The zero-order valence-corrected chi connectivity index (χ0v) is 8.36. The third-order valence-corrected chi connectivity index (χ3v) is 2.15. The van der Waals surface area contributed by atoms with Gasteiger partial charge in [0, 0.05) is 10.9 Å². The van der Waals surface area contributed by atoms with Crippen molar-refractivity contribution in [1.29, 1.82) is 0 Å². The van der Waals surface area contributed by atoms with Crippen LogP contribution in [-0.2, 0) is 0 Å². The van der Waals surface area contributed by atoms with E-state index >= 15 is 0 Å². The van der Waals surface area contributed by atoms with Crippen LogP contribution in [-0.4, -0.2) is 5.88 Å². The molecular weight excluding hydrogens is 191 g/mol. The highest BCUT2D eigenvalue weighted by Gasteiger charge is 1.97. The average Bonchev–Trinajstić information content (AvgIpc) is 2.04. The van der Waals surface area contributed by atoms with Gasteiger partial charge in [-0.15, -0.1) is 11.6 Å². The summed E-state index contributed by atoms with van der Waals surface area (Å²) in [5, 5.41) is 0.774. The lowest BCUT2D eigenvalue weighted by molar-refractivity contribution is 1.44. The van der Waals surface area contributed by atoms with E-state index in [1.807, 2.05) is 37.3 Å². The summed E-state index contributed by atoms with van der Waals surface area (Å²) in [6, 6.07) is 5.85. The van der Waals surface area contributed by atoms with Crippen LogP contribution in [0.1, 0.15) is 11.1 Å². The van der Waals surface area contributed by atoms with Gasteiger partial charge in [-0.2, -0.15) is 0 Å². The van der Waals surface area contributed by atoms with Crippen molar-refractivity contribution in [3.63, 3.8) is 0 Å². The molecule has 0 bridgehead atoms. The predicted octanol–water partition coefficient (Wildman–Crippen LogP) is 3.90. The maximum absolute atomic E-state index is 5.97. The largest absolute Gasteiger partial charge is 0.122 e. The minimum Gasteiger partial charge on any atom is -0.122 e. The molecule has 0 amide bonds. The van der Waals surface area contributed by atoms with Crippen LogP contribution in [0.5, 0.6) is 0 Å². The van der Waals surface area contributed by atoms with Crippen LogP contribution in [0.15, 0.2) is 24.3 Å². The Morgan fingerprint density at radius 1 is 1.42 bits per heavy atom. The molecule has 0 aliphatic rings. The Labute approximate surface area is 82.8 Å². The lowest BCUT2D eigenvalue weighted by Crippen LogP contribution is -1.81. The number of hydrogen-bond acceptors (Lipinski definition) is 0. The first kappa shape index (κ1) is 9.63. The summed E-state index contributed by atoms with van der Waals surface area (Å²) in [5.41, 5.74) is 2.23. The number of alkyl halides is 1. The SMILES string of the molecule is Cc1cccc(Cl)c1C=CCCl. The normalized spacial score (nSPS) is 10.9. The average molecular weight is 201 g/mol. The molecule has 64 valence electrons. The third kappa shape index (κ3) is 2.26. The van der Waals surface area contributed by atoms with E-state index in [-0.39, 0.29) is 0 Å². The number of benzene rings is 1. The Balaban J connectivity index is 3.04. The number of rotatable bonds is 2. The first-order valence-corrected chi connectivity index (χ1v) is 4.64. The maximum atomic E-state index is 5.97. The zero-order chi connectivity index (χ0) is 8.97. The van der Waals surface area contributed by atoms with E-state index < -0.39 is 0 Å². The number of aryl methyl sites for hydroxylation is 1. The van der Waals surface area contributed by atoms with Crippen molar-refractivity contribution in [2.75, 3.05) is 5.88 Å². The van der Waals surface area contributed by atoms with Crippen LogP contribution in [0.4, 0.5) is 0 Å². The predicted molar refractivity (Wildman–Crippen MR) is 55.9 cm³/mol. The number of halogens is 2. The summed E-state index contributed by atoms with van der Waals surface area (Å²) in [6.45, 7) is 2.03.